The van der Waals surface area contributed by atoms with Gasteiger partial charge in [0, 0.05) is 0 Å². The van der Waals surface area contributed by atoms with Crippen molar-refractivity contribution >= 4 is 0 Å². The molecule has 0 aliphatic heterocycles. The van der Waals surface area contributed by atoms with E-state index in [-0.39, 0.29) is 5.82 Å². The second kappa shape index (κ2) is 5.00. The van der Waals surface area contributed by atoms with Crippen molar-refractivity contribution in [1.29, 1.82) is 0 Å². The zero-order valence-corrected chi connectivity index (χ0v) is 8.44. The van der Waals surface area contributed by atoms with Crippen LogP contribution < -0.4 is 0 Å². The average molecular weight is 180 g/mol. The van der Waals surface area contributed by atoms with Crippen molar-refractivity contribution in [2.45, 2.75) is 39.5 Å². The third-order valence-electron chi connectivity index (χ3n) is 2.35. The van der Waals surface area contributed by atoms with E-state index in [0.29, 0.717) is 0 Å². The quantitative estimate of drug-likeness (QED) is 0.662. The molecule has 0 nitrogen and oxygen atoms in total. The summed E-state index contributed by atoms with van der Waals surface area (Å²) < 4.78 is 12.9. The summed E-state index contributed by atoms with van der Waals surface area (Å²) in [6, 6.07) is 5.13. The third kappa shape index (κ3) is 2.83. The highest BCUT2D eigenvalue weighted by atomic mass is 19.1. The van der Waals surface area contributed by atoms with Gasteiger partial charge in [0.25, 0.3) is 0 Å². The zero-order valence-electron chi connectivity index (χ0n) is 8.44. The van der Waals surface area contributed by atoms with Gasteiger partial charge in [0.15, 0.2) is 0 Å². The molecule has 0 bridgehead atoms. The second-order valence-electron chi connectivity index (χ2n) is 3.37. The first-order valence-corrected chi connectivity index (χ1v) is 5.05. The number of hydrogen-bond donors (Lipinski definition) is 0. The zero-order chi connectivity index (χ0) is 9.68. The molecule has 1 aromatic carbocycles. The van der Waals surface area contributed by atoms with Crippen LogP contribution >= 0.6 is 0 Å². The van der Waals surface area contributed by atoms with E-state index >= 15 is 0 Å². The van der Waals surface area contributed by atoms with Gasteiger partial charge in [-0.1, -0.05) is 26.3 Å². The van der Waals surface area contributed by atoms with Crippen molar-refractivity contribution in [2.24, 2.45) is 0 Å². The first-order chi connectivity index (χ1) is 6.27. The Balaban J connectivity index is 2.81. The molecule has 0 heterocycles. The van der Waals surface area contributed by atoms with Gasteiger partial charge in [0.05, 0.1) is 0 Å². The van der Waals surface area contributed by atoms with Crippen LogP contribution in [0.1, 0.15) is 37.8 Å². The minimum atomic E-state index is -0.108. The fourth-order valence-electron chi connectivity index (χ4n) is 1.54. The van der Waals surface area contributed by atoms with Gasteiger partial charge >= 0.3 is 0 Å². The molecule has 13 heavy (non-hydrogen) atoms. The fraction of sp³-hybridized carbons (Fsp3) is 0.500. The van der Waals surface area contributed by atoms with Gasteiger partial charge in [-0.25, -0.2) is 4.39 Å². The van der Waals surface area contributed by atoms with Gasteiger partial charge in [-0.3, -0.25) is 0 Å². The molecule has 72 valence electrons. The Hall–Kier alpha value is -0.850. The van der Waals surface area contributed by atoms with Gasteiger partial charge < -0.3 is 0 Å². The number of halogens is 1. The van der Waals surface area contributed by atoms with Crippen LogP contribution in [0.5, 0.6) is 0 Å². The van der Waals surface area contributed by atoms with Crippen molar-refractivity contribution in [2.75, 3.05) is 0 Å². The number of rotatable bonds is 4. The lowest BCUT2D eigenvalue weighted by atomic mass is 10.0. The predicted molar refractivity (Wildman–Crippen MR) is 54.4 cm³/mol. The summed E-state index contributed by atoms with van der Waals surface area (Å²) in [5.74, 6) is -0.108. The van der Waals surface area contributed by atoms with E-state index in [1.807, 2.05) is 6.07 Å². The van der Waals surface area contributed by atoms with Gasteiger partial charge in [-0.05, 0) is 42.5 Å². The van der Waals surface area contributed by atoms with Gasteiger partial charge in [-0.2, -0.15) is 0 Å². The van der Waals surface area contributed by atoms with E-state index in [1.165, 1.54) is 17.5 Å². The summed E-state index contributed by atoms with van der Waals surface area (Å²) in [5.41, 5.74) is 2.47. The topological polar surface area (TPSA) is 0 Å². The molecule has 0 radical (unpaired) electrons. The third-order valence-corrected chi connectivity index (χ3v) is 2.35. The van der Waals surface area contributed by atoms with E-state index in [2.05, 4.69) is 13.8 Å². The Kier molecular flexibility index (Phi) is 3.94. The van der Waals surface area contributed by atoms with E-state index in [9.17, 15) is 4.39 Å². The van der Waals surface area contributed by atoms with Crippen LogP contribution in [0.15, 0.2) is 18.2 Å². The number of unbranched alkanes of at least 4 members (excludes halogenated alkanes) is 1. The molecule has 0 aliphatic carbocycles. The van der Waals surface area contributed by atoms with E-state index < -0.39 is 0 Å². The van der Waals surface area contributed by atoms with Crippen LogP contribution in [0.4, 0.5) is 4.39 Å². The van der Waals surface area contributed by atoms with Gasteiger partial charge in [0.1, 0.15) is 5.82 Å². The lowest BCUT2D eigenvalue weighted by molar-refractivity contribution is 0.622. The molecular weight excluding hydrogens is 163 g/mol. The van der Waals surface area contributed by atoms with Crippen LogP contribution in [-0.2, 0) is 12.8 Å². The maximum atomic E-state index is 12.9. The summed E-state index contributed by atoms with van der Waals surface area (Å²) in [6.45, 7) is 4.27. The van der Waals surface area contributed by atoms with E-state index in [4.69, 9.17) is 0 Å². The molecule has 0 aliphatic rings. The molecule has 0 unspecified atom stereocenters. The minimum absolute atomic E-state index is 0.108. The van der Waals surface area contributed by atoms with Crippen LogP contribution in [0.25, 0.3) is 0 Å². The maximum absolute atomic E-state index is 12.9. The Morgan fingerprint density at radius 2 is 1.92 bits per heavy atom. The molecule has 0 saturated carbocycles. The second-order valence-corrected chi connectivity index (χ2v) is 3.37. The fourth-order valence-corrected chi connectivity index (χ4v) is 1.54. The van der Waals surface area contributed by atoms with Crippen molar-refractivity contribution in [3.05, 3.63) is 35.1 Å². The first kappa shape index (κ1) is 10.2. The minimum Gasteiger partial charge on any atom is -0.207 e. The average Bonchev–Trinajstić information content (AvgIpc) is 2.15. The SMILES string of the molecule is CCCCc1cc(F)ccc1CC. The molecule has 1 aromatic rings. The predicted octanol–water partition coefficient (Wildman–Crippen LogP) is 3.73. The summed E-state index contributed by atoms with van der Waals surface area (Å²) in [5, 5.41) is 0. The Morgan fingerprint density at radius 1 is 1.15 bits per heavy atom. The summed E-state index contributed by atoms with van der Waals surface area (Å²) in [7, 11) is 0. The van der Waals surface area contributed by atoms with Gasteiger partial charge in [0.2, 0.25) is 0 Å². The largest absolute Gasteiger partial charge is 0.207 e. The standard InChI is InChI=1S/C12H17F/c1-3-5-6-11-9-12(13)8-7-10(11)4-2/h7-9H,3-6H2,1-2H3. The normalized spacial score (nSPS) is 10.4. The lowest BCUT2D eigenvalue weighted by Gasteiger charge is -2.06. The smallest absolute Gasteiger partial charge is 0.123 e. The van der Waals surface area contributed by atoms with Crippen molar-refractivity contribution in [3.63, 3.8) is 0 Å². The Morgan fingerprint density at radius 3 is 2.54 bits per heavy atom. The van der Waals surface area contributed by atoms with Crippen LogP contribution in [0.3, 0.4) is 0 Å². The molecule has 0 spiro atoms. The highest BCUT2D eigenvalue weighted by molar-refractivity contribution is 5.27. The molecule has 0 amide bonds. The monoisotopic (exact) mass is 180 g/mol. The Labute approximate surface area is 79.8 Å². The number of benzene rings is 1. The summed E-state index contributed by atoms with van der Waals surface area (Å²) >= 11 is 0. The van der Waals surface area contributed by atoms with Gasteiger partial charge in [-0.15, -0.1) is 0 Å². The lowest BCUT2D eigenvalue weighted by Crippen LogP contribution is -1.94. The molecule has 0 atom stereocenters. The van der Waals surface area contributed by atoms with Crippen molar-refractivity contribution in [1.82, 2.24) is 0 Å². The highest BCUT2D eigenvalue weighted by Gasteiger charge is 2.01. The maximum Gasteiger partial charge on any atom is 0.123 e. The van der Waals surface area contributed by atoms with Crippen molar-refractivity contribution < 1.29 is 4.39 Å². The molecular formula is C12H17F. The van der Waals surface area contributed by atoms with Crippen LogP contribution in [0.2, 0.25) is 0 Å². The molecule has 0 fully saturated rings. The molecule has 1 rings (SSSR count). The molecule has 1 heteroatoms. The highest BCUT2D eigenvalue weighted by Crippen LogP contribution is 2.14. The summed E-state index contributed by atoms with van der Waals surface area (Å²) in [4.78, 5) is 0. The van der Waals surface area contributed by atoms with Crippen molar-refractivity contribution in [3.8, 4) is 0 Å². The molecule has 0 saturated heterocycles. The van der Waals surface area contributed by atoms with Crippen LogP contribution in [-0.4, -0.2) is 0 Å². The van der Waals surface area contributed by atoms with E-state index in [0.717, 1.165) is 19.3 Å². The Bertz CT molecular complexity index is 266. The summed E-state index contributed by atoms with van der Waals surface area (Å²) in [6.07, 6.45) is 4.33. The first-order valence-electron chi connectivity index (χ1n) is 5.05. The van der Waals surface area contributed by atoms with Crippen LogP contribution in [0, 0.1) is 5.82 Å². The molecule has 0 N–H and O–H groups in total. The number of aryl methyl sites for hydroxylation is 2. The number of hydrogen-bond acceptors (Lipinski definition) is 0. The molecule has 0 aromatic heterocycles. The van der Waals surface area contributed by atoms with E-state index in [1.54, 1.807) is 12.1 Å².